The first-order valence-electron chi connectivity index (χ1n) is 9.28. The van der Waals surface area contributed by atoms with E-state index < -0.39 is 10.0 Å². The van der Waals surface area contributed by atoms with Crippen molar-refractivity contribution < 1.29 is 8.42 Å². The first-order chi connectivity index (χ1) is 12.8. The Morgan fingerprint density at radius 3 is 2.74 bits per heavy atom. The van der Waals surface area contributed by atoms with E-state index in [1.165, 1.54) is 5.56 Å². The van der Waals surface area contributed by atoms with Crippen LogP contribution in [0, 0.1) is 5.41 Å². The minimum atomic E-state index is -3.36. The molecule has 1 unspecified atom stereocenters. The molecule has 1 saturated heterocycles. The van der Waals surface area contributed by atoms with Crippen molar-refractivity contribution in [3.05, 3.63) is 52.8 Å². The second-order valence-electron chi connectivity index (χ2n) is 7.92. The van der Waals surface area contributed by atoms with E-state index in [2.05, 4.69) is 14.7 Å². The lowest BCUT2D eigenvalue weighted by atomic mass is 9.92. The van der Waals surface area contributed by atoms with Gasteiger partial charge in [0.1, 0.15) is 0 Å². The SMILES string of the molecule is Cn1cc(CN2CCC3(CC2)CC3NS(=O)(=O)Cc2cccc(Cl)c2)cn1. The summed E-state index contributed by atoms with van der Waals surface area (Å²) in [7, 11) is -1.43. The number of aromatic nitrogens is 2. The summed E-state index contributed by atoms with van der Waals surface area (Å²) in [5, 5.41) is 4.78. The molecule has 0 bridgehead atoms. The van der Waals surface area contributed by atoms with E-state index in [4.69, 9.17) is 11.6 Å². The first-order valence-corrected chi connectivity index (χ1v) is 11.3. The number of benzene rings is 1. The fraction of sp³-hybridized carbons (Fsp3) is 0.526. The van der Waals surface area contributed by atoms with Crippen molar-refractivity contribution in [2.24, 2.45) is 12.5 Å². The molecule has 1 spiro atoms. The van der Waals surface area contributed by atoms with Crippen LogP contribution in [0.5, 0.6) is 0 Å². The number of piperidine rings is 1. The molecular weight excluding hydrogens is 384 g/mol. The molecule has 0 amide bonds. The number of aryl methyl sites for hydroxylation is 1. The Morgan fingerprint density at radius 1 is 1.30 bits per heavy atom. The summed E-state index contributed by atoms with van der Waals surface area (Å²) in [4.78, 5) is 2.43. The Kier molecular flexibility index (Phi) is 5.05. The zero-order chi connectivity index (χ0) is 19.1. The molecule has 146 valence electrons. The average Bonchev–Trinajstić information content (AvgIpc) is 3.05. The minimum Gasteiger partial charge on any atom is -0.299 e. The quantitative estimate of drug-likeness (QED) is 0.797. The Labute approximate surface area is 165 Å². The van der Waals surface area contributed by atoms with Crippen LogP contribution in [-0.2, 0) is 29.4 Å². The summed E-state index contributed by atoms with van der Waals surface area (Å²) in [5.41, 5.74) is 2.09. The molecule has 1 atom stereocenters. The molecule has 27 heavy (non-hydrogen) atoms. The van der Waals surface area contributed by atoms with Crippen LogP contribution in [0.4, 0.5) is 0 Å². The maximum Gasteiger partial charge on any atom is 0.216 e. The monoisotopic (exact) mass is 408 g/mol. The molecule has 2 aliphatic rings. The van der Waals surface area contributed by atoms with Crippen LogP contribution in [0.2, 0.25) is 5.02 Å². The second-order valence-corrected chi connectivity index (χ2v) is 10.1. The van der Waals surface area contributed by atoms with Crippen LogP contribution in [0.3, 0.4) is 0 Å². The molecule has 2 heterocycles. The van der Waals surface area contributed by atoms with Gasteiger partial charge in [-0.3, -0.25) is 9.58 Å². The van der Waals surface area contributed by atoms with Gasteiger partial charge in [0.05, 0.1) is 11.9 Å². The van der Waals surface area contributed by atoms with E-state index in [0.29, 0.717) is 5.02 Å². The van der Waals surface area contributed by atoms with Gasteiger partial charge in [-0.2, -0.15) is 5.10 Å². The summed E-state index contributed by atoms with van der Waals surface area (Å²) in [5.74, 6) is -0.0206. The Morgan fingerprint density at radius 2 is 2.07 bits per heavy atom. The van der Waals surface area contributed by atoms with E-state index in [1.807, 2.05) is 24.1 Å². The minimum absolute atomic E-state index is 0.0206. The predicted octanol–water partition coefficient (Wildman–Crippen LogP) is 2.55. The number of nitrogens with one attached hydrogen (secondary N) is 1. The van der Waals surface area contributed by atoms with Gasteiger partial charge < -0.3 is 0 Å². The van der Waals surface area contributed by atoms with Gasteiger partial charge in [0.2, 0.25) is 10.0 Å². The highest BCUT2D eigenvalue weighted by molar-refractivity contribution is 7.88. The van der Waals surface area contributed by atoms with Crippen LogP contribution >= 0.6 is 11.6 Å². The molecular formula is C19H25ClN4O2S. The molecule has 6 nitrogen and oxygen atoms in total. The molecule has 1 aliphatic heterocycles. The smallest absolute Gasteiger partial charge is 0.216 e. The Balaban J connectivity index is 1.29. The van der Waals surface area contributed by atoms with Gasteiger partial charge >= 0.3 is 0 Å². The normalized spacial score (nSPS) is 22.2. The van der Waals surface area contributed by atoms with Gasteiger partial charge in [0.25, 0.3) is 0 Å². The van der Waals surface area contributed by atoms with Crippen LogP contribution in [0.1, 0.15) is 30.4 Å². The summed E-state index contributed by atoms with van der Waals surface area (Å²) in [6.07, 6.45) is 6.99. The van der Waals surface area contributed by atoms with E-state index >= 15 is 0 Å². The highest BCUT2D eigenvalue weighted by Gasteiger charge is 2.56. The topological polar surface area (TPSA) is 67.2 Å². The fourth-order valence-corrected chi connectivity index (χ4v) is 5.82. The summed E-state index contributed by atoms with van der Waals surface area (Å²) in [6.45, 7) is 2.91. The largest absolute Gasteiger partial charge is 0.299 e. The maximum absolute atomic E-state index is 12.5. The number of sulfonamides is 1. The van der Waals surface area contributed by atoms with E-state index in [9.17, 15) is 8.42 Å². The van der Waals surface area contributed by atoms with Crippen LogP contribution < -0.4 is 4.72 Å². The predicted molar refractivity (Wildman–Crippen MR) is 106 cm³/mol. The lowest BCUT2D eigenvalue weighted by molar-refractivity contribution is 0.161. The number of likely N-dealkylation sites (tertiary alicyclic amines) is 1. The van der Waals surface area contributed by atoms with Crippen molar-refractivity contribution in [3.63, 3.8) is 0 Å². The van der Waals surface area contributed by atoms with Gasteiger partial charge in [-0.15, -0.1) is 0 Å². The summed E-state index contributed by atoms with van der Waals surface area (Å²) in [6, 6.07) is 7.11. The molecule has 1 N–H and O–H groups in total. The van der Waals surface area contributed by atoms with Gasteiger partial charge in [-0.25, -0.2) is 13.1 Å². The molecule has 1 aromatic carbocycles. The zero-order valence-corrected chi connectivity index (χ0v) is 17.0. The van der Waals surface area contributed by atoms with E-state index in [1.54, 1.807) is 24.3 Å². The molecule has 1 aromatic heterocycles. The molecule has 8 heteroatoms. The Hall–Kier alpha value is -1.41. The van der Waals surface area contributed by atoms with Crippen LogP contribution in [-0.4, -0.2) is 42.2 Å². The molecule has 1 aliphatic carbocycles. The average molecular weight is 409 g/mol. The number of halogens is 1. The van der Waals surface area contributed by atoms with Crippen molar-refractivity contribution in [3.8, 4) is 0 Å². The van der Waals surface area contributed by atoms with Crippen molar-refractivity contribution in [1.29, 1.82) is 0 Å². The van der Waals surface area contributed by atoms with Gasteiger partial charge in [0, 0.05) is 36.4 Å². The van der Waals surface area contributed by atoms with Crippen molar-refractivity contribution in [2.45, 2.75) is 37.6 Å². The lowest BCUT2D eigenvalue weighted by Gasteiger charge is -2.32. The lowest BCUT2D eigenvalue weighted by Crippen LogP contribution is -2.38. The zero-order valence-electron chi connectivity index (χ0n) is 15.4. The second kappa shape index (κ2) is 7.20. The van der Waals surface area contributed by atoms with Gasteiger partial charge in [0.15, 0.2) is 0 Å². The fourth-order valence-electron chi connectivity index (χ4n) is 4.14. The number of rotatable bonds is 6. The molecule has 2 fully saturated rings. The van der Waals surface area contributed by atoms with Gasteiger partial charge in [-0.05, 0) is 55.5 Å². The van der Waals surface area contributed by atoms with Crippen LogP contribution in [0.15, 0.2) is 36.7 Å². The maximum atomic E-state index is 12.5. The molecule has 1 saturated carbocycles. The van der Waals surface area contributed by atoms with Crippen molar-refractivity contribution in [2.75, 3.05) is 13.1 Å². The number of hydrogen-bond donors (Lipinski definition) is 1. The summed E-state index contributed by atoms with van der Waals surface area (Å²) < 4.78 is 29.8. The van der Waals surface area contributed by atoms with Crippen LogP contribution in [0.25, 0.3) is 0 Å². The molecule has 0 radical (unpaired) electrons. The standard InChI is InChI=1S/C19H25ClN4O2S/c1-23-12-16(11-21-23)13-24-7-5-19(6-8-24)10-18(19)22-27(25,26)14-15-3-2-4-17(20)9-15/h2-4,9,11-12,18,22H,5-8,10,13-14H2,1H3. The summed E-state index contributed by atoms with van der Waals surface area (Å²) >= 11 is 5.96. The van der Waals surface area contributed by atoms with Crippen molar-refractivity contribution in [1.82, 2.24) is 19.4 Å². The molecule has 4 rings (SSSR count). The highest BCUT2D eigenvalue weighted by atomic mass is 35.5. The molecule has 2 aromatic rings. The van der Waals surface area contributed by atoms with E-state index in [-0.39, 0.29) is 17.2 Å². The van der Waals surface area contributed by atoms with E-state index in [0.717, 1.165) is 44.5 Å². The van der Waals surface area contributed by atoms with Gasteiger partial charge in [-0.1, -0.05) is 23.7 Å². The third-order valence-corrected chi connectivity index (χ3v) is 7.37. The Bertz CT molecular complexity index is 919. The first kappa shape index (κ1) is 18.9. The third kappa shape index (κ3) is 4.54. The number of nitrogens with zero attached hydrogens (tertiary/aromatic N) is 3. The highest BCUT2D eigenvalue weighted by Crippen LogP contribution is 2.54. The van der Waals surface area contributed by atoms with Crippen molar-refractivity contribution >= 4 is 21.6 Å². The number of hydrogen-bond acceptors (Lipinski definition) is 4. The third-order valence-electron chi connectivity index (χ3n) is 5.77.